The first-order valence-electron chi connectivity index (χ1n) is 4.73. The van der Waals surface area contributed by atoms with E-state index in [1.54, 1.807) is 17.1 Å². The predicted molar refractivity (Wildman–Crippen MR) is 57.7 cm³/mol. The zero-order valence-corrected chi connectivity index (χ0v) is 8.35. The summed E-state index contributed by atoms with van der Waals surface area (Å²) in [5.41, 5.74) is 1.13. The molecule has 2 N–H and O–H groups in total. The fourth-order valence-corrected chi connectivity index (χ4v) is 1.29. The largest absolute Gasteiger partial charge is 0.348 e. The molecule has 0 saturated heterocycles. The maximum Gasteiger partial charge on any atom is 0.120 e. The number of aromatic amines is 1. The van der Waals surface area contributed by atoms with Gasteiger partial charge in [0.2, 0.25) is 0 Å². The van der Waals surface area contributed by atoms with Crippen molar-refractivity contribution < 1.29 is 0 Å². The van der Waals surface area contributed by atoms with Gasteiger partial charge in [0.05, 0.1) is 12.7 Å². The van der Waals surface area contributed by atoms with Crippen LogP contribution in [0.1, 0.15) is 11.4 Å². The van der Waals surface area contributed by atoms with E-state index in [2.05, 4.69) is 27.0 Å². The summed E-state index contributed by atoms with van der Waals surface area (Å²) in [5, 5.41) is 7.35. The Kier molecular flexibility index (Phi) is 2.94. The summed E-state index contributed by atoms with van der Waals surface area (Å²) in [6.07, 6.45) is 8.97. The van der Waals surface area contributed by atoms with Crippen molar-refractivity contribution in [1.29, 1.82) is 0 Å². The van der Waals surface area contributed by atoms with Gasteiger partial charge in [0.15, 0.2) is 0 Å². The molecule has 0 atom stereocenters. The maximum absolute atomic E-state index is 4.11. The van der Waals surface area contributed by atoms with Gasteiger partial charge in [-0.3, -0.25) is 0 Å². The second-order valence-electron chi connectivity index (χ2n) is 3.15. The van der Waals surface area contributed by atoms with E-state index in [1.165, 1.54) is 0 Å². The Morgan fingerprint density at radius 3 is 3.13 bits per heavy atom. The molecule has 0 aliphatic heterocycles. The van der Waals surface area contributed by atoms with Crippen molar-refractivity contribution in [2.24, 2.45) is 0 Å². The summed E-state index contributed by atoms with van der Waals surface area (Å²) in [7, 11) is 0. The molecule has 2 aromatic rings. The van der Waals surface area contributed by atoms with E-state index in [4.69, 9.17) is 0 Å². The van der Waals surface area contributed by atoms with Gasteiger partial charge in [-0.15, -0.1) is 0 Å². The summed E-state index contributed by atoms with van der Waals surface area (Å²) in [6, 6.07) is 0. The molecule has 0 saturated carbocycles. The lowest BCUT2D eigenvalue weighted by atomic mass is 10.3. The molecule has 0 unspecified atom stereocenters. The minimum absolute atomic E-state index is 0.728. The molecular formula is C10H13N5. The van der Waals surface area contributed by atoms with Crippen LogP contribution in [0.3, 0.4) is 0 Å². The highest BCUT2D eigenvalue weighted by atomic mass is 15.2. The molecule has 2 heterocycles. The number of hydrogen-bond donors (Lipinski definition) is 2. The lowest BCUT2D eigenvalue weighted by molar-refractivity contribution is 0.669. The fourth-order valence-electron chi connectivity index (χ4n) is 1.29. The zero-order chi connectivity index (χ0) is 10.5. The molecule has 5 heteroatoms. The lowest BCUT2D eigenvalue weighted by Crippen LogP contribution is -2.13. The molecule has 0 spiro atoms. The summed E-state index contributed by atoms with van der Waals surface area (Å²) in [5.74, 6) is 0.936. The van der Waals surface area contributed by atoms with Crippen molar-refractivity contribution in [3.8, 4) is 0 Å². The van der Waals surface area contributed by atoms with Crippen LogP contribution in [-0.2, 0) is 13.1 Å². The van der Waals surface area contributed by atoms with E-state index in [9.17, 15) is 0 Å². The van der Waals surface area contributed by atoms with Crippen LogP contribution < -0.4 is 5.32 Å². The van der Waals surface area contributed by atoms with Gasteiger partial charge in [-0.2, -0.15) is 5.10 Å². The van der Waals surface area contributed by atoms with E-state index in [-0.39, 0.29) is 0 Å². The third-order valence-electron chi connectivity index (χ3n) is 2.02. The van der Waals surface area contributed by atoms with Gasteiger partial charge in [0.1, 0.15) is 5.82 Å². The van der Waals surface area contributed by atoms with Crippen LogP contribution in [0.4, 0.5) is 0 Å². The Morgan fingerprint density at radius 1 is 1.53 bits per heavy atom. The molecule has 2 rings (SSSR count). The van der Waals surface area contributed by atoms with Crippen LogP contribution in [-0.4, -0.2) is 19.7 Å². The summed E-state index contributed by atoms with van der Waals surface area (Å²) < 4.78 is 1.68. The van der Waals surface area contributed by atoms with Crippen LogP contribution in [0.2, 0.25) is 0 Å². The summed E-state index contributed by atoms with van der Waals surface area (Å²) in [4.78, 5) is 7.14. The fraction of sp³-hybridized carbons (Fsp3) is 0.200. The van der Waals surface area contributed by atoms with Crippen LogP contribution in [0.25, 0.3) is 6.20 Å². The van der Waals surface area contributed by atoms with E-state index in [0.29, 0.717) is 0 Å². The van der Waals surface area contributed by atoms with Gasteiger partial charge in [-0.1, -0.05) is 6.58 Å². The highest BCUT2D eigenvalue weighted by Gasteiger charge is 1.97. The first-order valence-corrected chi connectivity index (χ1v) is 4.73. The quantitative estimate of drug-likeness (QED) is 0.762. The maximum atomic E-state index is 4.11. The molecule has 0 fully saturated rings. The molecule has 0 radical (unpaired) electrons. The van der Waals surface area contributed by atoms with Gasteiger partial charge in [-0.05, 0) is 0 Å². The molecule has 0 aliphatic carbocycles. The normalized spacial score (nSPS) is 10.4. The molecule has 5 nitrogen and oxygen atoms in total. The van der Waals surface area contributed by atoms with E-state index < -0.39 is 0 Å². The van der Waals surface area contributed by atoms with Crippen molar-refractivity contribution in [3.05, 3.63) is 42.8 Å². The highest BCUT2D eigenvalue weighted by molar-refractivity contribution is 5.17. The average molecular weight is 203 g/mol. The van der Waals surface area contributed by atoms with Gasteiger partial charge in [-0.25, -0.2) is 9.67 Å². The van der Waals surface area contributed by atoms with Gasteiger partial charge < -0.3 is 10.3 Å². The first-order chi connectivity index (χ1) is 7.38. The van der Waals surface area contributed by atoms with Crippen LogP contribution in [0, 0.1) is 0 Å². The summed E-state index contributed by atoms with van der Waals surface area (Å²) in [6.45, 7) is 5.13. The van der Waals surface area contributed by atoms with E-state index in [1.807, 2.05) is 18.6 Å². The molecule has 78 valence electrons. The minimum Gasteiger partial charge on any atom is -0.348 e. The van der Waals surface area contributed by atoms with Crippen LogP contribution in [0.5, 0.6) is 0 Å². The molecule has 0 aromatic carbocycles. The number of nitrogens with one attached hydrogen (secondary N) is 2. The minimum atomic E-state index is 0.728. The Bertz CT molecular complexity index is 415. The number of nitrogens with zero attached hydrogens (tertiary/aromatic N) is 3. The van der Waals surface area contributed by atoms with Crippen molar-refractivity contribution in [2.75, 3.05) is 0 Å². The molecule has 2 aromatic heterocycles. The van der Waals surface area contributed by atoms with Crippen molar-refractivity contribution >= 4 is 6.20 Å². The zero-order valence-electron chi connectivity index (χ0n) is 8.35. The van der Waals surface area contributed by atoms with Gasteiger partial charge in [0, 0.05) is 36.9 Å². The van der Waals surface area contributed by atoms with Crippen LogP contribution >= 0.6 is 0 Å². The number of imidazole rings is 1. The number of rotatable bonds is 5. The second kappa shape index (κ2) is 4.56. The standard InChI is InChI=1S/C10H13N5/c1-2-15-8-9(6-14-15)5-11-7-10-12-3-4-13-10/h2-4,6,8,11H,1,5,7H2,(H,12,13). The third-order valence-corrected chi connectivity index (χ3v) is 2.02. The molecule has 0 bridgehead atoms. The van der Waals surface area contributed by atoms with E-state index >= 15 is 0 Å². The number of aromatic nitrogens is 4. The smallest absolute Gasteiger partial charge is 0.120 e. The Hall–Kier alpha value is -1.88. The van der Waals surface area contributed by atoms with E-state index in [0.717, 1.165) is 24.5 Å². The average Bonchev–Trinajstić information content (AvgIpc) is 2.88. The first kappa shape index (κ1) is 9.67. The van der Waals surface area contributed by atoms with Crippen molar-refractivity contribution in [1.82, 2.24) is 25.1 Å². The molecule has 0 amide bonds. The SMILES string of the molecule is C=Cn1cc(CNCc2ncc[nH]2)cn1. The van der Waals surface area contributed by atoms with Gasteiger partial charge in [0.25, 0.3) is 0 Å². The highest BCUT2D eigenvalue weighted by Crippen LogP contribution is 1.97. The van der Waals surface area contributed by atoms with Crippen LogP contribution in [0.15, 0.2) is 31.4 Å². The Labute approximate surface area is 87.8 Å². The Morgan fingerprint density at radius 2 is 2.47 bits per heavy atom. The molecule has 15 heavy (non-hydrogen) atoms. The lowest BCUT2D eigenvalue weighted by Gasteiger charge is -1.99. The van der Waals surface area contributed by atoms with Gasteiger partial charge >= 0.3 is 0 Å². The second-order valence-corrected chi connectivity index (χ2v) is 3.15. The number of H-pyrrole nitrogens is 1. The van der Waals surface area contributed by atoms with Crippen molar-refractivity contribution in [2.45, 2.75) is 13.1 Å². The molecular weight excluding hydrogens is 190 g/mol. The predicted octanol–water partition coefficient (Wildman–Crippen LogP) is 0.996. The third kappa shape index (κ3) is 2.54. The topological polar surface area (TPSA) is 58.5 Å². The number of hydrogen-bond acceptors (Lipinski definition) is 3. The molecule has 0 aliphatic rings. The monoisotopic (exact) mass is 203 g/mol. The summed E-state index contributed by atoms with van der Waals surface area (Å²) >= 11 is 0. The van der Waals surface area contributed by atoms with Crippen molar-refractivity contribution in [3.63, 3.8) is 0 Å². The Balaban J connectivity index is 1.80.